The lowest BCUT2D eigenvalue weighted by molar-refractivity contribution is -0.137. The minimum absolute atomic E-state index is 0.0367. The van der Waals surface area contributed by atoms with E-state index in [4.69, 9.17) is 19.3 Å². The van der Waals surface area contributed by atoms with Crippen LogP contribution in [0.25, 0.3) is 0 Å². The van der Waals surface area contributed by atoms with Crippen LogP contribution in [0.15, 0.2) is 12.1 Å². The fourth-order valence-electron chi connectivity index (χ4n) is 2.65. The van der Waals surface area contributed by atoms with Crippen LogP contribution in [0.5, 0.6) is 17.2 Å². The van der Waals surface area contributed by atoms with Gasteiger partial charge in [-0.05, 0) is 32.8 Å². The molecule has 0 amide bonds. The van der Waals surface area contributed by atoms with Gasteiger partial charge in [0.1, 0.15) is 0 Å². The minimum Gasteiger partial charge on any atom is -0.493 e. The first kappa shape index (κ1) is 15.5. The SMILES string of the molecule is COc1ccc(C2(CC(=O)O)CC2)c(OC(C)C)c1OC. The van der Waals surface area contributed by atoms with Crippen LogP contribution in [-0.4, -0.2) is 31.4 Å². The van der Waals surface area contributed by atoms with E-state index in [0.717, 1.165) is 18.4 Å². The van der Waals surface area contributed by atoms with Gasteiger partial charge in [0.05, 0.1) is 26.7 Å². The van der Waals surface area contributed by atoms with Crippen molar-refractivity contribution in [2.24, 2.45) is 0 Å². The summed E-state index contributed by atoms with van der Waals surface area (Å²) in [6, 6.07) is 3.71. The molecule has 5 nitrogen and oxygen atoms in total. The van der Waals surface area contributed by atoms with Crippen molar-refractivity contribution in [2.75, 3.05) is 14.2 Å². The molecule has 1 fully saturated rings. The van der Waals surface area contributed by atoms with Crippen LogP contribution < -0.4 is 14.2 Å². The zero-order valence-electron chi connectivity index (χ0n) is 12.9. The number of aliphatic carboxylic acids is 1. The zero-order chi connectivity index (χ0) is 15.6. The highest BCUT2D eigenvalue weighted by Gasteiger charge is 2.48. The van der Waals surface area contributed by atoms with Crippen molar-refractivity contribution >= 4 is 5.97 Å². The maximum absolute atomic E-state index is 11.1. The van der Waals surface area contributed by atoms with E-state index in [1.165, 1.54) is 0 Å². The van der Waals surface area contributed by atoms with E-state index in [1.807, 2.05) is 26.0 Å². The molecule has 0 bridgehead atoms. The molecule has 1 aromatic carbocycles. The van der Waals surface area contributed by atoms with Crippen molar-refractivity contribution in [1.29, 1.82) is 0 Å². The van der Waals surface area contributed by atoms with Crippen LogP contribution >= 0.6 is 0 Å². The highest BCUT2D eigenvalue weighted by molar-refractivity contribution is 5.71. The number of benzene rings is 1. The van der Waals surface area contributed by atoms with Crippen molar-refractivity contribution in [3.8, 4) is 17.2 Å². The highest BCUT2D eigenvalue weighted by atomic mass is 16.5. The van der Waals surface area contributed by atoms with E-state index in [9.17, 15) is 4.79 Å². The largest absolute Gasteiger partial charge is 0.493 e. The van der Waals surface area contributed by atoms with E-state index < -0.39 is 5.97 Å². The number of carboxylic acids is 1. The monoisotopic (exact) mass is 294 g/mol. The molecule has 0 spiro atoms. The topological polar surface area (TPSA) is 65.0 Å². The normalized spacial score (nSPS) is 15.7. The molecule has 0 heterocycles. The number of hydrogen-bond acceptors (Lipinski definition) is 4. The number of carbonyl (C=O) groups is 1. The quantitative estimate of drug-likeness (QED) is 0.837. The molecule has 21 heavy (non-hydrogen) atoms. The van der Waals surface area contributed by atoms with Gasteiger partial charge in [-0.2, -0.15) is 0 Å². The fraction of sp³-hybridized carbons (Fsp3) is 0.562. The maximum atomic E-state index is 11.1. The third-order valence-electron chi connectivity index (χ3n) is 3.77. The lowest BCUT2D eigenvalue weighted by Crippen LogP contribution is -2.17. The maximum Gasteiger partial charge on any atom is 0.304 e. The van der Waals surface area contributed by atoms with E-state index >= 15 is 0 Å². The van der Waals surface area contributed by atoms with Crippen LogP contribution in [0.2, 0.25) is 0 Å². The number of carboxylic acid groups (broad SMARTS) is 1. The second-order valence-corrected chi connectivity index (χ2v) is 5.70. The number of rotatable bonds is 7. The lowest BCUT2D eigenvalue weighted by Gasteiger charge is -2.23. The summed E-state index contributed by atoms with van der Waals surface area (Å²) in [5.41, 5.74) is 0.562. The molecule has 1 N–H and O–H groups in total. The van der Waals surface area contributed by atoms with Gasteiger partial charge in [0, 0.05) is 11.0 Å². The van der Waals surface area contributed by atoms with E-state index in [2.05, 4.69) is 0 Å². The predicted molar refractivity (Wildman–Crippen MR) is 78.5 cm³/mol. The third kappa shape index (κ3) is 3.06. The van der Waals surface area contributed by atoms with Crippen LogP contribution in [0.1, 0.15) is 38.7 Å². The molecule has 0 aromatic heterocycles. The summed E-state index contributed by atoms with van der Waals surface area (Å²) in [6.07, 6.45) is 1.77. The third-order valence-corrected chi connectivity index (χ3v) is 3.77. The van der Waals surface area contributed by atoms with Crippen LogP contribution in [0.3, 0.4) is 0 Å². The van der Waals surface area contributed by atoms with Crippen molar-refractivity contribution in [2.45, 2.75) is 44.6 Å². The van der Waals surface area contributed by atoms with Gasteiger partial charge < -0.3 is 19.3 Å². The Labute approximate surface area is 124 Å². The van der Waals surface area contributed by atoms with Crippen molar-refractivity contribution < 1.29 is 24.1 Å². The first-order valence-electron chi connectivity index (χ1n) is 7.07. The van der Waals surface area contributed by atoms with Gasteiger partial charge in [0.2, 0.25) is 5.75 Å². The Balaban J connectivity index is 2.52. The summed E-state index contributed by atoms with van der Waals surface area (Å²) in [4.78, 5) is 11.1. The molecular weight excluding hydrogens is 272 g/mol. The standard InChI is InChI=1S/C16H22O5/c1-10(2)21-14-11(16(7-8-16)9-13(17)18)5-6-12(19-3)15(14)20-4/h5-6,10H,7-9H2,1-4H3,(H,17,18). The van der Waals surface area contributed by atoms with Crippen LogP contribution in [0, 0.1) is 0 Å². The Bertz CT molecular complexity index is 532. The summed E-state index contributed by atoms with van der Waals surface area (Å²) < 4.78 is 16.7. The Morgan fingerprint density at radius 3 is 2.33 bits per heavy atom. The number of hydrogen-bond donors (Lipinski definition) is 1. The Morgan fingerprint density at radius 1 is 1.24 bits per heavy atom. The van der Waals surface area contributed by atoms with Gasteiger partial charge in [-0.3, -0.25) is 4.79 Å². The molecule has 1 aromatic rings. The highest BCUT2D eigenvalue weighted by Crippen LogP contribution is 2.57. The molecule has 1 aliphatic rings. The van der Waals surface area contributed by atoms with Crippen molar-refractivity contribution in [3.63, 3.8) is 0 Å². The average molecular weight is 294 g/mol. The molecule has 0 unspecified atom stereocenters. The number of ether oxygens (including phenoxy) is 3. The predicted octanol–water partition coefficient (Wildman–Crippen LogP) is 3.00. The molecule has 2 rings (SSSR count). The molecular formula is C16H22O5. The molecule has 0 aliphatic heterocycles. The van der Waals surface area contributed by atoms with Crippen LogP contribution in [-0.2, 0) is 10.2 Å². The summed E-state index contributed by atoms with van der Waals surface area (Å²) in [5.74, 6) is 0.923. The van der Waals surface area contributed by atoms with Crippen molar-refractivity contribution in [1.82, 2.24) is 0 Å². The van der Waals surface area contributed by atoms with Crippen LogP contribution in [0.4, 0.5) is 0 Å². The van der Waals surface area contributed by atoms with Gasteiger partial charge in [-0.1, -0.05) is 6.07 Å². The summed E-state index contributed by atoms with van der Waals surface area (Å²) in [5, 5.41) is 9.15. The molecule has 1 saturated carbocycles. The average Bonchev–Trinajstić information content (AvgIpc) is 3.17. The Morgan fingerprint density at radius 2 is 1.90 bits per heavy atom. The summed E-state index contributed by atoms with van der Waals surface area (Å²) in [7, 11) is 3.13. The zero-order valence-corrected chi connectivity index (χ0v) is 12.9. The molecule has 0 saturated heterocycles. The summed E-state index contributed by atoms with van der Waals surface area (Å²) in [6.45, 7) is 3.86. The van der Waals surface area contributed by atoms with Gasteiger partial charge in [-0.15, -0.1) is 0 Å². The first-order valence-corrected chi connectivity index (χ1v) is 7.07. The van der Waals surface area contributed by atoms with Gasteiger partial charge in [0.15, 0.2) is 11.5 Å². The van der Waals surface area contributed by atoms with Gasteiger partial charge in [-0.25, -0.2) is 0 Å². The molecule has 1 aliphatic carbocycles. The molecule has 5 heteroatoms. The second kappa shape index (κ2) is 5.84. The first-order chi connectivity index (χ1) is 9.93. The molecule has 116 valence electrons. The lowest BCUT2D eigenvalue weighted by atomic mass is 9.91. The summed E-state index contributed by atoms with van der Waals surface area (Å²) >= 11 is 0. The smallest absolute Gasteiger partial charge is 0.304 e. The number of methoxy groups -OCH3 is 2. The van der Waals surface area contributed by atoms with Gasteiger partial charge >= 0.3 is 5.97 Å². The van der Waals surface area contributed by atoms with Gasteiger partial charge in [0.25, 0.3) is 0 Å². The van der Waals surface area contributed by atoms with E-state index in [1.54, 1.807) is 14.2 Å². The fourth-order valence-corrected chi connectivity index (χ4v) is 2.65. The second-order valence-electron chi connectivity index (χ2n) is 5.70. The molecule has 0 radical (unpaired) electrons. The van der Waals surface area contributed by atoms with Crippen molar-refractivity contribution in [3.05, 3.63) is 17.7 Å². The Hall–Kier alpha value is -1.91. The van der Waals surface area contributed by atoms with E-state index in [0.29, 0.717) is 17.2 Å². The minimum atomic E-state index is -0.794. The Kier molecular flexibility index (Phi) is 4.30. The van der Waals surface area contributed by atoms with E-state index in [-0.39, 0.29) is 17.9 Å². The molecule has 0 atom stereocenters.